The zero-order valence-electron chi connectivity index (χ0n) is 19.5. The maximum absolute atomic E-state index is 12.7. The lowest BCUT2D eigenvalue weighted by Crippen LogP contribution is -2.18. The van der Waals surface area contributed by atoms with E-state index in [2.05, 4.69) is 64.8 Å². The molecule has 0 fully saturated rings. The summed E-state index contributed by atoms with van der Waals surface area (Å²) in [5.41, 5.74) is 5.08. The summed E-state index contributed by atoms with van der Waals surface area (Å²) in [7, 11) is 0. The van der Waals surface area contributed by atoms with Gasteiger partial charge in [0.05, 0.1) is 12.3 Å². The van der Waals surface area contributed by atoms with Crippen LogP contribution < -0.4 is 10.6 Å². The fourth-order valence-corrected chi connectivity index (χ4v) is 4.70. The summed E-state index contributed by atoms with van der Waals surface area (Å²) in [6.07, 6.45) is 1.49. The van der Waals surface area contributed by atoms with Crippen LogP contribution in [-0.4, -0.2) is 15.9 Å². The Morgan fingerprint density at radius 1 is 0.970 bits per heavy atom. The fourth-order valence-electron chi connectivity index (χ4n) is 3.75. The molecule has 7 heteroatoms. The van der Waals surface area contributed by atoms with E-state index in [0.29, 0.717) is 11.9 Å². The van der Waals surface area contributed by atoms with E-state index >= 15 is 0 Å². The van der Waals surface area contributed by atoms with E-state index in [4.69, 9.17) is 4.42 Å². The predicted octanol–water partition coefficient (Wildman–Crippen LogP) is 6.63. The van der Waals surface area contributed by atoms with Crippen LogP contribution in [0, 0.1) is 20.8 Å². The van der Waals surface area contributed by atoms with Crippen molar-refractivity contribution in [2.75, 3.05) is 10.6 Å². The summed E-state index contributed by atoms with van der Waals surface area (Å²) in [5, 5.41) is 7.31. The minimum atomic E-state index is -0.278. The predicted molar refractivity (Wildman–Crippen MR) is 133 cm³/mol. The molecular weight excluding hydrogens is 432 g/mol. The number of rotatable bonds is 7. The van der Waals surface area contributed by atoms with Gasteiger partial charge in [0.25, 0.3) is 5.91 Å². The van der Waals surface area contributed by atoms with Crippen LogP contribution in [0.5, 0.6) is 0 Å². The van der Waals surface area contributed by atoms with Crippen molar-refractivity contribution in [2.24, 2.45) is 0 Å². The number of thiophene rings is 1. The van der Waals surface area contributed by atoms with Crippen LogP contribution in [0.3, 0.4) is 0 Å². The van der Waals surface area contributed by atoms with Gasteiger partial charge in [-0.2, -0.15) is 0 Å². The minimum Gasteiger partial charge on any atom is -0.459 e. The van der Waals surface area contributed by atoms with Gasteiger partial charge in [-0.1, -0.05) is 38.1 Å². The molecule has 1 aromatic carbocycles. The van der Waals surface area contributed by atoms with E-state index in [-0.39, 0.29) is 17.7 Å². The van der Waals surface area contributed by atoms with Crippen molar-refractivity contribution in [3.8, 4) is 0 Å². The summed E-state index contributed by atoms with van der Waals surface area (Å²) in [6.45, 7) is 10.3. The van der Waals surface area contributed by atoms with Gasteiger partial charge in [-0.05, 0) is 62.1 Å². The lowest BCUT2D eigenvalue weighted by Gasteiger charge is -2.21. The minimum absolute atomic E-state index is 0.246. The molecule has 0 spiro atoms. The third-order valence-corrected chi connectivity index (χ3v) is 6.34. The van der Waals surface area contributed by atoms with E-state index in [1.54, 1.807) is 12.1 Å². The number of carbonyl (C=O) groups is 1. The van der Waals surface area contributed by atoms with Gasteiger partial charge in [-0.15, -0.1) is 11.3 Å². The molecule has 0 saturated heterocycles. The molecule has 2 N–H and O–H groups in total. The van der Waals surface area contributed by atoms with E-state index in [0.717, 1.165) is 32.4 Å². The van der Waals surface area contributed by atoms with Crippen molar-refractivity contribution >= 4 is 28.2 Å². The highest BCUT2D eigenvalue weighted by Crippen LogP contribution is 2.37. The first-order chi connectivity index (χ1) is 15.8. The van der Waals surface area contributed by atoms with Gasteiger partial charge in [0.15, 0.2) is 5.76 Å². The molecule has 3 aromatic heterocycles. The molecule has 6 nitrogen and oxygen atoms in total. The summed E-state index contributed by atoms with van der Waals surface area (Å²) in [5.74, 6) is 0.993. The highest BCUT2D eigenvalue weighted by atomic mass is 32.1. The van der Waals surface area contributed by atoms with Crippen molar-refractivity contribution in [3.05, 3.63) is 93.5 Å². The standard InChI is InChI=1S/C26H28N4O2S/c1-15(2)19-8-10-20(11-9-19)23(29-26-27-16(3)13-17(4)28-26)21-14-18(5)33-25(21)30-24(31)22-7-6-12-32-22/h6-15,23H,1-5H3,(H,30,31)(H,27,28,29). The molecule has 1 unspecified atom stereocenters. The summed E-state index contributed by atoms with van der Waals surface area (Å²) in [4.78, 5) is 23.0. The Balaban J connectivity index is 1.75. The Hall–Kier alpha value is -3.45. The van der Waals surface area contributed by atoms with E-state index in [1.807, 2.05) is 26.8 Å². The molecule has 1 amide bonds. The lowest BCUT2D eigenvalue weighted by atomic mass is 9.96. The zero-order valence-corrected chi connectivity index (χ0v) is 20.3. The van der Waals surface area contributed by atoms with Crippen LogP contribution in [0.1, 0.15) is 69.3 Å². The van der Waals surface area contributed by atoms with Crippen LogP contribution in [-0.2, 0) is 0 Å². The van der Waals surface area contributed by atoms with Crippen molar-refractivity contribution in [2.45, 2.75) is 46.6 Å². The first kappa shape index (κ1) is 22.7. The molecular formula is C26H28N4O2S. The highest BCUT2D eigenvalue weighted by molar-refractivity contribution is 7.16. The fraction of sp³-hybridized carbons (Fsp3) is 0.269. The number of benzene rings is 1. The normalized spacial score (nSPS) is 12.1. The first-order valence-electron chi connectivity index (χ1n) is 10.9. The van der Waals surface area contributed by atoms with Crippen molar-refractivity contribution in [3.63, 3.8) is 0 Å². The largest absolute Gasteiger partial charge is 0.459 e. The molecule has 0 bridgehead atoms. The topological polar surface area (TPSA) is 80.0 Å². The monoisotopic (exact) mass is 460 g/mol. The number of nitrogens with zero attached hydrogens (tertiary/aromatic N) is 2. The van der Waals surface area contributed by atoms with E-state index < -0.39 is 0 Å². The number of aryl methyl sites for hydroxylation is 3. The number of amides is 1. The van der Waals surface area contributed by atoms with E-state index in [1.165, 1.54) is 23.2 Å². The Morgan fingerprint density at radius 3 is 2.24 bits per heavy atom. The van der Waals surface area contributed by atoms with Gasteiger partial charge in [0, 0.05) is 21.8 Å². The van der Waals surface area contributed by atoms with E-state index in [9.17, 15) is 4.79 Å². The van der Waals surface area contributed by atoms with Crippen molar-refractivity contribution in [1.29, 1.82) is 0 Å². The molecule has 0 aliphatic heterocycles. The Morgan fingerprint density at radius 2 is 1.64 bits per heavy atom. The van der Waals surface area contributed by atoms with Crippen LogP contribution in [0.2, 0.25) is 0 Å². The molecule has 170 valence electrons. The van der Waals surface area contributed by atoms with Gasteiger partial charge >= 0.3 is 0 Å². The van der Waals surface area contributed by atoms with Gasteiger partial charge in [-0.25, -0.2) is 9.97 Å². The smallest absolute Gasteiger partial charge is 0.291 e. The maximum atomic E-state index is 12.7. The summed E-state index contributed by atoms with van der Waals surface area (Å²) in [6, 6.07) is 15.7. The average molecular weight is 461 g/mol. The maximum Gasteiger partial charge on any atom is 0.291 e. The highest BCUT2D eigenvalue weighted by Gasteiger charge is 2.23. The van der Waals surface area contributed by atoms with Crippen molar-refractivity contribution in [1.82, 2.24) is 9.97 Å². The number of hydrogen-bond acceptors (Lipinski definition) is 6. The van der Waals surface area contributed by atoms with Crippen LogP contribution >= 0.6 is 11.3 Å². The Labute approximate surface area is 198 Å². The van der Waals surface area contributed by atoms with Crippen LogP contribution in [0.25, 0.3) is 0 Å². The number of furan rings is 1. The second-order valence-electron chi connectivity index (χ2n) is 8.45. The second-order valence-corrected chi connectivity index (χ2v) is 9.70. The first-order valence-corrected chi connectivity index (χ1v) is 11.8. The molecule has 4 rings (SSSR count). The lowest BCUT2D eigenvalue weighted by molar-refractivity contribution is 0.0997. The molecule has 0 aliphatic carbocycles. The Kier molecular flexibility index (Phi) is 6.60. The number of carbonyl (C=O) groups excluding carboxylic acids is 1. The Bertz CT molecular complexity index is 1220. The summed E-state index contributed by atoms with van der Waals surface area (Å²) < 4.78 is 5.27. The third-order valence-electron chi connectivity index (χ3n) is 5.36. The number of anilines is 2. The molecule has 4 aromatic rings. The molecule has 3 heterocycles. The van der Waals surface area contributed by atoms with Crippen LogP contribution in [0.15, 0.2) is 59.2 Å². The summed E-state index contributed by atoms with van der Waals surface area (Å²) >= 11 is 1.53. The quantitative estimate of drug-likeness (QED) is 0.323. The number of nitrogens with one attached hydrogen (secondary N) is 2. The van der Waals surface area contributed by atoms with Gasteiger partial charge in [0.1, 0.15) is 5.00 Å². The number of aromatic nitrogens is 2. The molecule has 33 heavy (non-hydrogen) atoms. The SMILES string of the molecule is Cc1cc(C)nc(NC(c2ccc(C(C)C)cc2)c2cc(C)sc2NC(=O)c2ccco2)n1. The second kappa shape index (κ2) is 9.58. The molecule has 0 saturated carbocycles. The third kappa shape index (κ3) is 5.31. The van der Waals surface area contributed by atoms with Gasteiger partial charge in [-0.3, -0.25) is 4.79 Å². The molecule has 1 atom stereocenters. The van der Waals surface area contributed by atoms with Gasteiger partial charge < -0.3 is 15.1 Å². The average Bonchev–Trinajstić information content (AvgIpc) is 3.41. The zero-order chi connectivity index (χ0) is 23.5. The number of hydrogen-bond donors (Lipinski definition) is 2. The van der Waals surface area contributed by atoms with Crippen LogP contribution in [0.4, 0.5) is 10.9 Å². The molecule has 0 radical (unpaired) electrons. The molecule has 0 aliphatic rings. The van der Waals surface area contributed by atoms with Crippen molar-refractivity contribution < 1.29 is 9.21 Å². The van der Waals surface area contributed by atoms with Gasteiger partial charge in [0.2, 0.25) is 5.95 Å².